The number of rotatable bonds is 6. The van der Waals surface area contributed by atoms with Crippen LogP contribution >= 0.6 is 0 Å². The molecule has 0 spiro atoms. The molecule has 0 radical (unpaired) electrons. The van der Waals surface area contributed by atoms with Gasteiger partial charge in [0, 0.05) is 44.1 Å². The number of carbonyl (C=O) groups excluding carboxylic acids is 2. The van der Waals surface area contributed by atoms with Crippen molar-refractivity contribution in [1.29, 1.82) is 0 Å². The van der Waals surface area contributed by atoms with Gasteiger partial charge in [-0.15, -0.1) is 0 Å². The number of amides is 3. The monoisotopic (exact) mass is 454 g/mol. The van der Waals surface area contributed by atoms with E-state index in [9.17, 15) is 19.8 Å². The fourth-order valence-corrected chi connectivity index (χ4v) is 4.21. The standard InChI is InChI=1S/C24H30N4O5/c29-21(28-13-11-27(12-14-28)18-9-5-2-6-10-18)15-19-22(30)23(31)20(33-19)16-25-24(32)26-17-7-3-1-4-8-17/h1-10,19-20,22-23,30-31H,11-16H2,(H2,25,26,32). The predicted octanol–water partition coefficient (Wildman–Crippen LogP) is 1.04. The van der Waals surface area contributed by atoms with E-state index in [2.05, 4.69) is 27.7 Å². The lowest BCUT2D eigenvalue weighted by atomic mass is 10.0. The zero-order chi connectivity index (χ0) is 23.2. The molecule has 4 unspecified atom stereocenters. The predicted molar refractivity (Wildman–Crippen MR) is 124 cm³/mol. The molecular weight excluding hydrogens is 424 g/mol. The quantitative estimate of drug-likeness (QED) is 0.519. The number of urea groups is 1. The first-order valence-corrected chi connectivity index (χ1v) is 11.2. The summed E-state index contributed by atoms with van der Waals surface area (Å²) in [5.41, 5.74) is 1.77. The number of piperazine rings is 1. The average Bonchev–Trinajstić information content (AvgIpc) is 3.12. The molecule has 2 aromatic rings. The van der Waals surface area contributed by atoms with Crippen LogP contribution in [0.3, 0.4) is 0 Å². The van der Waals surface area contributed by atoms with E-state index in [0.717, 1.165) is 18.8 Å². The Morgan fingerprint density at radius 3 is 2.15 bits per heavy atom. The minimum absolute atomic E-state index is 0.0112. The lowest BCUT2D eigenvalue weighted by molar-refractivity contribution is -0.135. The Bertz CT molecular complexity index is 921. The molecular formula is C24H30N4O5. The molecule has 0 bridgehead atoms. The fraction of sp³-hybridized carbons (Fsp3) is 0.417. The van der Waals surface area contributed by atoms with Gasteiger partial charge in [0.2, 0.25) is 5.91 Å². The highest BCUT2D eigenvalue weighted by atomic mass is 16.5. The van der Waals surface area contributed by atoms with Crippen molar-refractivity contribution in [3.05, 3.63) is 60.7 Å². The van der Waals surface area contributed by atoms with Crippen LogP contribution in [0.1, 0.15) is 6.42 Å². The van der Waals surface area contributed by atoms with E-state index in [1.807, 2.05) is 24.3 Å². The van der Waals surface area contributed by atoms with Gasteiger partial charge in [0.05, 0.1) is 12.5 Å². The molecule has 2 heterocycles. The number of aliphatic hydroxyl groups excluding tert-OH is 2. The van der Waals surface area contributed by atoms with Crippen molar-refractivity contribution >= 4 is 23.3 Å². The van der Waals surface area contributed by atoms with Crippen molar-refractivity contribution in [2.24, 2.45) is 0 Å². The molecule has 0 saturated carbocycles. The van der Waals surface area contributed by atoms with Gasteiger partial charge in [0.15, 0.2) is 0 Å². The van der Waals surface area contributed by atoms with E-state index in [1.165, 1.54) is 0 Å². The molecule has 2 aromatic carbocycles. The SMILES string of the molecule is O=C(NCC1OC(CC(=O)N2CCN(c3ccccc3)CC2)C(O)C1O)Nc1ccccc1. The first kappa shape index (κ1) is 23.0. The number of nitrogens with zero attached hydrogens (tertiary/aromatic N) is 2. The number of nitrogens with one attached hydrogen (secondary N) is 2. The smallest absolute Gasteiger partial charge is 0.319 e. The molecule has 4 atom stereocenters. The minimum atomic E-state index is -1.19. The summed E-state index contributed by atoms with van der Waals surface area (Å²) < 4.78 is 5.74. The van der Waals surface area contributed by atoms with Gasteiger partial charge in [-0.25, -0.2) is 4.79 Å². The zero-order valence-corrected chi connectivity index (χ0v) is 18.3. The zero-order valence-electron chi connectivity index (χ0n) is 18.3. The summed E-state index contributed by atoms with van der Waals surface area (Å²) in [6, 6.07) is 18.6. The van der Waals surface area contributed by atoms with Crippen molar-refractivity contribution in [3.63, 3.8) is 0 Å². The fourth-order valence-electron chi connectivity index (χ4n) is 4.21. The maximum Gasteiger partial charge on any atom is 0.319 e. The first-order valence-electron chi connectivity index (χ1n) is 11.2. The topological polar surface area (TPSA) is 114 Å². The molecule has 2 aliphatic heterocycles. The van der Waals surface area contributed by atoms with Crippen molar-refractivity contribution < 1.29 is 24.5 Å². The van der Waals surface area contributed by atoms with Gasteiger partial charge in [-0.1, -0.05) is 36.4 Å². The van der Waals surface area contributed by atoms with Crippen LogP contribution in [0.5, 0.6) is 0 Å². The van der Waals surface area contributed by atoms with Crippen LogP contribution in [-0.4, -0.2) is 84.2 Å². The van der Waals surface area contributed by atoms with Crippen LogP contribution in [0.2, 0.25) is 0 Å². The van der Waals surface area contributed by atoms with Crippen molar-refractivity contribution in [1.82, 2.24) is 10.2 Å². The summed E-state index contributed by atoms with van der Waals surface area (Å²) in [4.78, 5) is 28.8. The molecule has 4 rings (SSSR count). The van der Waals surface area contributed by atoms with Gasteiger partial charge >= 0.3 is 6.03 Å². The van der Waals surface area contributed by atoms with E-state index < -0.39 is 30.4 Å². The molecule has 2 aliphatic rings. The second-order valence-corrected chi connectivity index (χ2v) is 8.30. The van der Waals surface area contributed by atoms with E-state index in [-0.39, 0.29) is 18.9 Å². The second kappa shape index (κ2) is 10.7. The van der Waals surface area contributed by atoms with Crippen LogP contribution in [0.15, 0.2) is 60.7 Å². The molecule has 3 amide bonds. The Balaban J connectivity index is 1.22. The average molecular weight is 455 g/mol. The maximum absolute atomic E-state index is 12.8. The number of hydrogen-bond acceptors (Lipinski definition) is 6. The minimum Gasteiger partial charge on any atom is -0.388 e. The van der Waals surface area contributed by atoms with E-state index >= 15 is 0 Å². The molecule has 0 aliphatic carbocycles. The summed E-state index contributed by atoms with van der Waals surface area (Å²) in [5.74, 6) is -0.116. The molecule has 33 heavy (non-hydrogen) atoms. The van der Waals surface area contributed by atoms with Crippen LogP contribution in [-0.2, 0) is 9.53 Å². The third-order valence-corrected chi connectivity index (χ3v) is 6.09. The highest BCUT2D eigenvalue weighted by molar-refractivity contribution is 5.89. The summed E-state index contributed by atoms with van der Waals surface area (Å²) >= 11 is 0. The number of hydrogen-bond donors (Lipinski definition) is 4. The third-order valence-electron chi connectivity index (χ3n) is 6.09. The molecule has 2 fully saturated rings. The second-order valence-electron chi connectivity index (χ2n) is 8.30. The molecule has 9 heteroatoms. The Kier molecular flexibility index (Phi) is 7.43. The van der Waals surface area contributed by atoms with Crippen molar-refractivity contribution in [2.45, 2.75) is 30.8 Å². The van der Waals surface area contributed by atoms with Gasteiger partial charge < -0.3 is 35.4 Å². The highest BCUT2D eigenvalue weighted by Gasteiger charge is 2.44. The lowest BCUT2D eigenvalue weighted by Gasteiger charge is -2.36. The summed E-state index contributed by atoms with van der Waals surface area (Å²) in [5, 5.41) is 26.0. The Labute approximate surface area is 193 Å². The van der Waals surface area contributed by atoms with E-state index in [1.54, 1.807) is 29.2 Å². The molecule has 176 valence electrons. The molecule has 9 nitrogen and oxygen atoms in total. The molecule has 2 saturated heterocycles. The van der Waals surface area contributed by atoms with Crippen molar-refractivity contribution in [3.8, 4) is 0 Å². The third kappa shape index (κ3) is 5.81. The molecule has 0 aromatic heterocycles. The Morgan fingerprint density at radius 2 is 1.48 bits per heavy atom. The Morgan fingerprint density at radius 1 is 0.879 bits per heavy atom. The van der Waals surface area contributed by atoms with Crippen LogP contribution in [0.4, 0.5) is 16.2 Å². The van der Waals surface area contributed by atoms with Gasteiger partial charge in [-0.05, 0) is 24.3 Å². The van der Waals surface area contributed by atoms with Gasteiger partial charge in [-0.2, -0.15) is 0 Å². The number of para-hydroxylation sites is 2. The van der Waals surface area contributed by atoms with Gasteiger partial charge in [0.1, 0.15) is 18.3 Å². The Hall–Kier alpha value is -3.14. The highest BCUT2D eigenvalue weighted by Crippen LogP contribution is 2.25. The van der Waals surface area contributed by atoms with E-state index in [0.29, 0.717) is 18.8 Å². The van der Waals surface area contributed by atoms with Crippen LogP contribution < -0.4 is 15.5 Å². The summed E-state index contributed by atoms with van der Waals surface area (Å²) in [6.07, 6.45) is -4.01. The number of aliphatic hydroxyl groups is 2. The normalized spacial score (nSPS) is 25.0. The van der Waals surface area contributed by atoms with Gasteiger partial charge in [-0.3, -0.25) is 4.79 Å². The molecule has 4 N–H and O–H groups in total. The van der Waals surface area contributed by atoms with Crippen LogP contribution in [0, 0.1) is 0 Å². The largest absolute Gasteiger partial charge is 0.388 e. The van der Waals surface area contributed by atoms with Crippen LogP contribution in [0.25, 0.3) is 0 Å². The number of carbonyl (C=O) groups is 2. The number of benzene rings is 2. The number of ether oxygens (including phenoxy) is 1. The summed E-state index contributed by atoms with van der Waals surface area (Å²) in [7, 11) is 0. The maximum atomic E-state index is 12.8. The first-order chi connectivity index (χ1) is 16.0. The van der Waals surface area contributed by atoms with E-state index in [4.69, 9.17) is 4.74 Å². The summed E-state index contributed by atoms with van der Waals surface area (Å²) in [6.45, 7) is 2.65. The number of anilines is 2. The van der Waals surface area contributed by atoms with Gasteiger partial charge in [0.25, 0.3) is 0 Å². The lowest BCUT2D eigenvalue weighted by Crippen LogP contribution is -2.49. The van der Waals surface area contributed by atoms with Crippen molar-refractivity contribution in [2.75, 3.05) is 42.9 Å².